The maximum atomic E-state index is 13.2. The average Bonchev–Trinajstić information content (AvgIpc) is 2.61. The van der Waals surface area contributed by atoms with Gasteiger partial charge in [0.1, 0.15) is 5.75 Å². The van der Waals surface area contributed by atoms with E-state index in [-0.39, 0.29) is 5.69 Å². The second-order valence-electron chi connectivity index (χ2n) is 5.61. The van der Waals surface area contributed by atoms with Gasteiger partial charge in [0.15, 0.2) is 0 Å². The first-order valence-corrected chi connectivity index (χ1v) is 7.68. The van der Waals surface area contributed by atoms with Gasteiger partial charge >= 0.3 is 6.18 Å². The lowest BCUT2D eigenvalue weighted by atomic mass is 9.87. The number of nitrogens with zero attached hydrogens (tertiary/aromatic N) is 1. The van der Waals surface area contributed by atoms with Crippen LogP contribution in [0.4, 0.5) is 18.9 Å². The molecule has 3 rings (SSSR count). The standard InChI is InChI=1S/C18H16F3NO3/c1-3-17(12-8-10-13(24-2)11-9-12)16(23)22(25-17)15-7-5-4-6-14(15)18(19,20)21/h4-11H,3H2,1-2H3/t17-/m1/s1. The van der Waals surface area contributed by atoms with E-state index in [2.05, 4.69) is 0 Å². The molecule has 1 aliphatic rings. The van der Waals surface area contributed by atoms with Crippen LogP contribution in [-0.4, -0.2) is 13.0 Å². The first-order chi connectivity index (χ1) is 11.8. The molecule has 25 heavy (non-hydrogen) atoms. The fraction of sp³-hybridized carbons (Fsp3) is 0.278. The molecular weight excluding hydrogens is 335 g/mol. The number of halogens is 3. The number of hydrogen-bond acceptors (Lipinski definition) is 3. The Balaban J connectivity index is 1.94. The fourth-order valence-corrected chi connectivity index (χ4v) is 2.87. The van der Waals surface area contributed by atoms with Crippen LogP contribution in [-0.2, 0) is 21.4 Å². The molecule has 1 fully saturated rings. The molecule has 7 heteroatoms. The van der Waals surface area contributed by atoms with Gasteiger partial charge in [-0.25, -0.2) is 4.84 Å². The van der Waals surface area contributed by atoms with E-state index in [1.165, 1.54) is 25.3 Å². The van der Waals surface area contributed by atoms with Crippen molar-refractivity contribution >= 4 is 11.6 Å². The summed E-state index contributed by atoms with van der Waals surface area (Å²) in [6, 6.07) is 11.5. The molecule has 1 heterocycles. The number of rotatable bonds is 4. The van der Waals surface area contributed by atoms with Crippen LogP contribution in [0.2, 0.25) is 0 Å². The average molecular weight is 351 g/mol. The molecule has 0 bridgehead atoms. The lowest BCUT2D eigenvalue weighted by Gasteiger charge is -2.47. The highest BCUT2D eigenvalue weighted by Crippen LogP contribution is 2.46. The van der Waals surface area contributed by atoms with Crippen molar-refractivity contribution in [3.63, 3.8) is 0 Å². The number of hydrogen-bond donors (Lipinski definition) is 0. The van der Waals surface area contributed by atoms with Crippen LogP contribution in [0.3, 0.4) is 0 Å². The molecular formula is C18H16F3NO3. The SMILES string of the molecule is CC[C@]1(c2ccc(OC)cc2)ON(c2ccccc2C(F)(F)F)C1=O. The molecule has 2 aromatic carbocycles. The Hall–Kier alpha value is -2.54. The quantitative estimate of drug-likeness (QED) is 0.824. The zero-order valence-corrected chi connectivity index (χ0v) is 13.6. The predicted molar refractivity (Wildman–Crippen MR) is 85.0 cm³/mol. The highest BCUT2D eigenvalue weighted by Gasteiger charge is 2.56. The Morgan fingerprint density at radius 1 is 1.12 bits per heavy atom. The Bertz CT molecular complexity index is 789. The summed E-state index contributed by atoms with van der Waals surface area (Å²) in [4.78, 5) is 18.4. The van der Waals surface area contributed by atoms with Crippen molar-refractivity contribution in [2.75, 3.05) is 12.2 Å². The second-order valence-corrected chi connectivity index (χ2v) is 5.61. The van der Waals surface area contributed by atoms with Gasteiger partial charge in [-0.3, -0.25) is 4.79 Å². The van der Waals surface area contributed by atoms with E-state index in [0.717, 1.165) is 11.1 Å². The summed E-state index contributed by atoms with van der Waals surface area (Å²) >= 11 is 0. The van der Waals surface area contributed by atoms with E-state index in [9.17, 15) is 18.0 Å². The van der Waals surface area contributed by atoms with Crippen molar-refractivity contribution in [2.45, 2.75) is 25.1 Å². The molecule has 132 valence electrons. The van der Waals surface area contributed by atoms with E-state index in [0.29, 0.717) is 17.7 Å². The van der Waals surface area contributed by atoms with E-state index < -0.39 is 23.2 Å². The number of ether oxygens (including phenoxy) is 1. The van der Waals surface area contributed by atoms with Gasteiger partial charge in [-0.1, -0.05) is 31.2 Å². The molecule has 1 atom stereocenters. The first kappa shape index (κ1) is 17.3. The molecule has 2 aromatic rings. The van der Waals surface area contributed by atoms with E-state index in [4.69, 9.17) is 9.57 Å². The number of methoxy groups -OCH3 is 1. The minimum absolute atomic E-state index is 0.294. The smallest absolute Gasteiger partial charge is 0.418 e. The van der Waals surface area contributed by atoms with Crippen molar-refractivity contribution in [2.24, 2.45) is 0 Å². The minimum Gasteiger partial charge on any atom is -0.497 e. The Labute approximate surface area is 142 Å². The van der Waals surface area contributed by atoms with Crippen LogP contribution in [0.25, 0.3) is 0 Å². The third kappa shape index (κ3) is 2.74. The lowest BCUT2D eigenvalue weighted by molar-refractivity contribution is -0.192. The largest absolute Gasteiger partial charge is 0.497 e. The number of carbonyl (C=O) groups excluding carboxylic acids is 1. The normalized spacial score (nSPS) is 20.4. The number of alkyl halides is 3. The first-order valence-electron chi connectivity index (χ1n) is 7.68. The summed E-state index contributed by atoms with van der Waals surface area (Å²) in [5, 5.41) is 0.719. The Morgan fingerprint density at radius 2 is 1.76 bits per heavy atom. The summed E-state index contributed by atoms with van der Waals surface area (Å²) in [5.74, 6) is 0.0814. The summed E-state index contributed by atoms with van der Waals surface area (Å²) in [5.41, 5.74) is -1.94. The van der Waals surface area contributed by atoms with Crippen molar-refractivity contribution in [1.82, 2.24) is 0 Å². The molecule has 0 saturated carbocycles. The Kier molecular flexibility index (Phi) is 4.20. The van der Waals surface area contributed by atoms with Gasteiger partial charge in [-0.2, -0.15) is 18.2 Å². The molecule has 1 aliphatic heterocycles. The number of hydroxylamine groups is 1. The third-order valence-corrected chi connectivity index (χ3v) is 4.26. The van der Waals surface area contributed by atoms with E-state index in [1.54, 1.807) is 31.2 Å². The van der Waals surface area contributed by atoms with Gasteiger partial charge in [0, 0.05) is 0 Å². The van der Waals surface area contributed by atoms with E-state index in [1.807, 2.05) is 0 Å². The van der Waals surface area contributed by atoms with Gasteiger partial charge in [-0.15, -0.1) is 0 Å². The van der Waals surface area contributed by atoms with E-state index >= 15 is 0 Å². The molecule has 1 amide bonds. The summed E-state index contributed by atoms with van der Waals surface area (Å²) in [7, 11) is 1.52. The molecule has 0 spiro atoms. The zero-order chi connectivity index (χ0) is 18.2. The molecule has 4 nitrogen and oxygen atoms in total. The number of benzene rings is 2. The third-order valence-electron chi connectivity index (χ3n) is 4.26. The van der Waals surface area contributed by atoms with Gasteiger partial charge in [0.2, 0.25) is 5.60 Å². The fourth-order valence-electron chi connectivity index (χ4n) is 2.87. The number of anilines is 1. The summed E-state index contributed by atoms with van der Waals surface area (Å²) in [6.07, 6.45) is -4.28. The maximum Gasteiger partial charge on any atom is 0.418 e. The molecule has 0 N–H and O–H groups in total. The highest BCUT2D eigenvalue weighted by molar-refractivity contribution is 6.03. The molecule has 0 radical (unpaired) electrons. The number of amides is 1. The number of para-hydroxylation sites is 1. The second kappa shape index (κ2) is 6.07. The molecule has 0 aliphatic carbocycles. The van der Waals surface area contributed by atoms with Crippen molar-refractivity contribution in [3.05, 3.63) is 59.7 Å². The van der Waals surface area contributed by atoms with Crippen LogP contribution in [0.1, 0.15) is 24.5 Å². The number of carbonyl (C=O) groups is 1. The minimum atomic E-state index is -4.58. The van der Waals surface area contributed by atoms with Gasteiger partial charge in [-0.05, 0) is 36.2 Å². The lowest BCUT2D eigenvalue weighted by Crippen LogP contribution is -2.62. The van der Waals surface area contributed by atoms with Gasteiger partial charge in [0.05, 0.1) is 18.4 Å². The summed E-state index contributed by atoms with van der Waals surface area (Å²) in [6.45, 7) is 1.75. The maximum absolute atomic E-state index is 13.2. The predicted octanol–water partition coefficient (Wildman–Crippen LogP) is 4.30. The highest BCUT2D eigenvalue weighted by atomic mass is 19.4. The monoisotopic (exact) mass is 351 g/mol. The van der Waals surface area contributed by atoms with Crippen LogP contribution in [0.5, 0.6) is 5.75 Å². The van der Waals surface area contributed by atoms with Crippen LogP contribution < -0.4 is 9.80 Å². The van der Waals surface area contributed by atoms with Crippen LogP contribution >= 0.6 is 0 Å². The molecule has 0 aromatic heterocycles. The van der Waals surface area contributed by atoms with Crippen LogP contribution in [0, 0.1) is 0 Å². The van der Waals surface area contributed by atoms with Gasteiger partial charge < -0.3 is 4.74 Å². The summed E-state index contributed by atoms with van der Waals surface area (Å²) < 4.78 is 44.6. The van der Waals surface area contributed by atoms with Crippen molar-refractivity contribution in [1.29, 1.82) is 0 Å². The topological polar surface area (TPSA) is 38.8 Å². The zero-order valence-electron chi connectivity index (χ0n) is 13.6. The molecule has 1 saturated heterocycles. The molecule has 0 unspecified atom stereocenters. The van der Waals surface area contributed by atoms with Crippen molar-refractivity contribution < 1.29 is 27.5 Å². The van der Waals surface area contributed by atoms with Crippen molar-refractivity contribution in [3.8, 4) is 5.75 Å². The van der Waals surface area contributed by atoms with Crippen LogP contribution in [0.15, 0.2) is 48.5 Å². The Morgan fingerprint density at radius 3 is 2.28 bits per heavy atom. The van der Waals surface area contributed by atoms with Gasteiger partial charge in [0.25, 0.3) is 5.91 Å².